The van der Waals surface area contributed by atoms with Crippen LogP contribution in [0.2, 0.25) is 0 Å². The van der Waals surface area contributed by atoms with Crippen molar-refractivity contribution in [3.05, 3.63) is 107 Å². The van der Waals surface area contributed by atoms with Crippen molar-refractivity contribution >= 4 is 27.9 Å². The maximum Gasteiger partial charge on any atom is 0.166 e. The maximum absolute atomic E-state index is 13.3. The van der Waals surface area contributed by atoms with E-state index in [4.69, 9.17) is 0 Å². The number of nitrogens with zero attached hydrogens (tertiary/aromatic N) is 1. The van der Waals surface area contributed by atoms with Gasteiger partial charge in [-0.25, -0.2) is 0 Å². The van der Waals surface area contributed by atoms with Crippen LogP contribution in [0.15, 0.2) is 95.7 Å². The van der Waals surface area contributed by atoms with Gasteiger partial charge in [-0.15, -0.1) is 0 Å². The number of carbonyl (C=O) groups excluding carboxylic acids is 1. The highest BCUT2D eigenvalue weighted by Crippen LogP contribution is 2.36. The summed E-state index contributed by atoms with van der Waals surface area (Å²) >= 11 is 1.71. The Labute approximate surface area is 213 Å². The van der Waals surface area contributed by atoms with E-state index in [1.165, 1.54) is 49.8 Å². The standard InChI is InChI=1S/C28H31NO.C4H4S/c30-28(27-12-6-10-24-9-4-5-11-26(24)27)25-14-13-21(19-25)20-29-17-15-23(16-18-29)22-7-2-1-3-8-22;1-2-4-5-3-1/h1-12,21,23,25H,13-20H2;1-4H. The van der Waals surface area contributed by atoms with Gasteiger partial charge in [-0.05, 0) is 84.1 Å². The third-order valence-electron chi connectivity index (χ3n) is 7.77. The van der Waals surface area contributed by atoms with Crippen molar-refractivity contribution < 1.29 is 4.79 Å². The SMILES string of the molecule is O=C(c1cccc2ccccc12)C1CCC(CN2CCC(c3ccccc3)CC2)C1.c1ccsc1. The zero-order chi connectivity index (χ0) is 23.9. The van der Waals surface area contributed by atoms with E-state index in [0.717, 1.165) is 23.8 Å². The fraction of sp³-hybridized carbons (Fsp3) is 0.344. The maximum atomic E-state index is 13.3. The fourth-order valence-corrected chi connectivity index (χ4v) is 6.36. The van der Waals surface area contributed by atoms with E-state index < -0.39 is 0 Å². The van der Waals surface area contributed by atoms with Crippen molar-refractivity contribution in [1.29, 1.82) is 0 Å². The Morgan fingerprint density at radius 3 is 2.23 bits per heavy atom. The van der Waals surface area contributed by atoms with Gasteiger partial charge in [-0.3, -0.25) is 4.79 Å². The molecule has 2 atom stereocenters. The molecule has 4 aromatic rings. The molecule has 180 valence electrons. The summed E-state index contributed by atoms with van der Waals surface area (Å²) in [5.41, 5.74) is 2.42. The summed E-state index contributed by atoms with van der Waals surface area (Å²) in [7, 11) is 0. The van der Waals surface area contributed by atoms with E-state index >= 15 is 0 Å². The number of Topliss-reactive ketones (excluding diaryl/α,β-unsaturated/α-hetero) is 1. The van der Waals surface area contributed by atoms with E-state index in [9.17, 15) is 4.79 Å². The Kier molecular flexibility index (Phi) is 8.07. The van der Waals surface area contributed by atoms with Crippen LogP contribution in [0.3, 0.4) is 0 Å². The summed E-state index contributed by atoms with van der Waals surface area (Å²) in [5.74, 6) is 1.94. The van der Waals surface area contributed by atoms with Gasteiger partial charge in [-0.1, -0.05) is 84.9 Å². The summed E-state index contributed by atoms with van der Waals surface area (Å²) in [6, 6.07) is 29.4. The summed E-state index contributed by atoms with van der Waals surface area (Å²) in [5, 5.41) is 6.36. The molecule has 3 heteroatoms. The molecule has 1 saturated heterocycles. The monoisotopic (exact) mass is 481 g/mol. The highest BCUT2D eigenvalue weighted by molar-refractivity contribution is 7.07. The van der Waals surface area contributed by atoms with Gasteiger partial charge in [0.15, 0.2) is 5.78 Å². The summed E-state index contributed by atoms with van der Waals surface area (Å²) in [6.07, 6.45) is 5.82. The van der Waals surface area contributed by atoms with Crippen LogP contribution in [-0.4, -0.2) is 30.3 Å². The lowest BCUT2D eigenvalue weighted by Crippen LogP contribution is -2.36. The average molecular weight is 482 g/mol. The number of benzene rings is 3. The highest BCUT2D eigenvalue weighted by Gasteiger charge is 2.32. The number of carbonyl (C=O) groups is 1. The van der Waals surface area contributed by atoms with E-state index in [0.29, 0.717) is 17.6 Å². The summed E-state index contributed by atoms with van der Waals surface area (Å²) in [4.78, 5) is 15.9. The lowest BCUT2D eigenvalue weighted by atomic mass is 9.89. The van der Waals surface area contributed by atoms with Crippen molar-refractivity contribution in [3.8, 4) is 0 Å². The molecule has 0 amide bonds. The first-order valence-corrected chi connectivity index (χ1v) is 14.0. The number of likely N-dealkylation sites (tertiary alicyclic amines) is 1. The smallest absolute Gasteiger partial charge is 0.166 e. The average Bonchev–Trinajstić information content (AvgIpc) is 3.65. The van der Waals surface area contributed by atoms with Crippen LogP contribution in [0.1, 0.15) is 53.9 Å². The number of fused-ring (bicyclic) bond motifs is 1. The van der Waals surface area contributed by atoms with Crippen molar-refractivity contribution in [1.82, 2.24) is 4.90 Å². The lowest BCUT2D eigenvalue weighted by molar-refractivity contribution is 0.0918. The topological polar surface area (TPSA) is 20.3 Å². The second-order valence-corrected chi connectivity index (χ2v) is 10.9. The zero-order valence-corrected chi connectivity index (χ0v) is 21.2. The van der Waals surface area contributed by atoms with Gasteiger partial charge in [0.2, 0.25) is 0 Å². The predicted octanol–water partition coefficient (Wildman–Crippen LogP) is 8.07. The van der Waals surface area contributed by atoms with Crippen molar-refractivity contribution in [2.45, 2.75) is 38.0 Å². The molecule has 0 spiro atoms. The molecule has 2 aliphatic rings. The normalized spacial score (nSPS) is 20.9. The van der Waals surface area contributed by atoms with E-state index in [2.05, 4.69) is 53.4 Å². The van der Waals surface area contributed by atoms with Crippen LogP contribution in [0, 0.1) is 11.8 Å². The van der Waals surface area contributed by atoms with E-state index in [1.807, 2.05) is 47.2 Å². The number of piperidine rings is 1. The van der Waals surface area contributed by atoms with Crippen molar-refractivity contribution in [3.63, 3.8) is 0 Å². The van der Waals surface area contributed by atoms with Crippen LogP contribution in [0.5, 0.6) is 0 Å². The Morgan fingerprint density at radius 1 is 0.771 bits per heavy atom. The van der Waals surface area contributed by atoms with Crippen LogP contribution < -0.4 is 0 Å². The minimum absolute atomic E-state index is 0.197. The second-order valence-electron chi connectivity index (χ2n) is 10.0. The van der Waals surface area contributed by atoms with Gasteiger partial charge in [0.1, 0.15) is 0 Å². The minimum Gasteiger partial charge on any atom is -0.303 e. The van der Waals surface area contributed by atoms with Gasteiger partial charge in [0, 0.05) is 18.0 Å². The zero-order valence-electron chi connectivity index (χ0n) is 20.4. The van der Waals surface area contributed by atoms with Crippen molar-refractivity contribution in [2.75, 3.05) is 19.6 Å². The summed E-state index contributed by atoms with van der Waals surface area (Å²) < 4.78 is 0. The predicted molar refractivity (Wildman–Crippen MR) is 148 cm³/mol. The third-order valence-corrected chi connectivity index (χ3v) is 8.40. The molecule has 35 heavy (non-hydrogen) atoms. The Balaban J connectivity index is 0.000000453. The van der Waals surface area contributed by atoms with Crippen LogP contribution >= 0.6 is 11.3 Å². The molecule has 0 bridgehead atoms. The molecule has 2 fully saturated rings. The molecule has 2 heterocycles. The first-order valence-electron chi connectivity index (χ1n) is 13.0. The van der Waals surface area contributed by atoms with Gasteiger partial charge in [-0.2, -0.15) is 11.3 Å². The lowest BCUT2D eigenvalue weighted by Gasteiger charge is -2.33. The molecular weight excluding hydrogens is 446 g/mol. The first kappa shape index (κ1) is 24.0. The van der Waals surface area contributed by atoms with Gasteiger partial charge in [0.25, 0.3) is 0 Å². The molecule has 0 radical (unpaired) electrons. The number of ketones is 1. The highest BCUT2D eigenvalue weighted by atomic mass is 32.1. The van der Waals surface area contributed by atoms with Crippen LogP contribution in [0.25, 0.3) is 10.8 Å². The molecule has 1 aliphatic heterocycles. The number of hydrogen-bond acceptors (Lipinski definition) is 3. The Morgan fingerprint density at radius 2 is 1.49 bits per heavy atom. The Hall–Kier alpha value is -2.75. The van der Waals surface area contributed by atoms with Gasteiger partial charge >= 0.3 is 0 Å². The van der Waals surface area contributed by atoms with Crippen LogP contribution in [-0.2, 0) is 0 Å². The third kappa shape index (κ3) is 6.09. The van der Waals surface area contributed by atoms with E-state index in [1.54, 1.807) is 11.3 Å². The van der Waals surface area contributed by atoms with Gasteiger partial charge < -0.3 is 4.90 Å². The number of thiophene rings is 1. The fourth-order valence-electron chi connectivity index (χ4n) is 5.91. The molecule has 1 saturated carbocycles. The molecule has 0 N–H and O–H groups in total. The summed E-state index contributed by atoms with van der Waals surface area (Å²) in [6.45, 7) is 3.55. The number of rotatable bonds is 5. The van der Waals surface area contributed by atoms with Gasteiger partial charge in [0.05, 0.1) is 0 Å². The van der Waals surface area contributed by atoms with Crippen LogP contribution in [0.4, 0.5) is 0 Å². The molecule has 2 unspecified atom stereocenters. The van der Waals surface area contributed by atoms with Crippen molar-refractivity contribution in [2.24, 2.45) is 11.8 Å². The number of hydrogen-bond donors (Lipinski definition) is 0. The minimum atomic E-state index is 0.197. The molecule has 1 aliphatic carbocycles. The molecule has 3 aromatic carbocycles. The van der Waals surface area contributed by atoms with E-state index in [-0.39, 0.29) is 5.92 Å². The quantitative estimate of drug-likeness (QED) is 0.269. The first-order chi connectivity index (χ1) is 17.3. The largest absolute Gasteiger partial charge is 0.303 e. The molecule has 6 rings (SSSR count). The Bertz CT molecular complexity index is 1170. The molecular formula is C32H35NOS. The molecule has 1 aromatic heterocycles. The second kappa shape index (κ2) is 11.8. The molecule has 2 nitrogen and oxygen atoms in total.